The number of carbonyl (C=O) groups is 1. The number of carbonyl (C=O) groups excluding carboxylic acids is 1. The number of rotatable bonds is 7. The molecule has 6 heteroatoms. The lowest BCUT2D eigenvalue weighted by Gasteiger charge is -2.26. The molecule has 134 valence electrons. The molecular formula is C19H22ClFN2O2. The zero-order valence-electron chi connectivity index (χ0n) is 14.5. The van der Waals surface area contributed by atoms with E-state index in [-0.39, 0.29) is 17.8 Å². The number of hydrogen-bond acceptors (Lipinski definition) is 3. The maximum absolute atomic E-state index is 13.5. The first-order valence-electron chi connectivity index (χ1n) is 7.99. The number of halogens is 2. The molecule has 0 aliphatic heterocycles. The summed E-state index contributed by atoms with van der Waals surface area (Å²) in [5.41, 5.74) is 0.796. The molecule has 1 N–H and O–H groups in total. The van der Waals surface area contributed by atoms with Crippen molar-refractivity contribution in [3.05, 3.63) is 64.9 Å². The number of hydrogen-bond donors (Lipinski definition) is 1. The highest BCUT2D eigenvalue weighted by atomic mass is 35.5. The lowest BCUT2D eigenvalue weighted by molar-refractivity contribution is -0.127. The molecule has 0 saturated carbocycles. The smallest absolute Gasteiger partial charge is 0.260 e. The Morgan fingerprint density at radius 1 is 1.24 bits per heavy atom. The van der Waals surface area contributed by atoms with E-state index in [9.17, 15) is 9.18 Å². The molecule has 0 aromatic heterocycles. The van der Waals surface area contributed by atoms with Crippen LogP contribution >= 0.6 is 11.6 Å². The second kappa shape index (κ2) is 8.83. The van der Waals surface area contributed by atoms with Crippen LogP contribution in [0.4, 0.5) is 4.39 Å². The number of likely N-dealkylation sites (N-methyl/N-ethyl adjacent to an activating group) is 1. The molecule has 0 bridgehead atoms. The standard InChI is InChI=1S/C19H22ClFN2O2/c1-13(25-18-10-5-4-9-16(18)20)19(24)22-12-17(23(2)3)14-7-6-8-15(21)11-14/h4-11,13,17H,12H2,1-3H3,(H,22,24). The first-order chi connectivity index (χ1) is 11.9. The predicted molar refractivity (Wildman–Crippen MR) is 97.4 cm³/mol. The molecule has 4 nitrogen and oxygen atoms in total. The van der Waals surface area contributed by atoms with Gasteiger partial charge in [0.15, 0.2) is 6.10 Å². The number of para-hydroxylation sites is 1. The van der Waals surface area contributed by atoms with Crippen LogP contribution in [0.15, 0.2) is 48.5 Å². The molecule has 0 saturated heterocycles. The number of benzene rings is 2. The zero-order valence-corrected chi connectivity index (χ0v) is 15.3. The van der Waals surface area contributed by atoms with E-state index in [0.29, 0.717) is 17.3 Å². The Morgan fingerprint density at radius 3 is 2.60 bits per heavy atom. The van der Waals surface area contributed by atoms with E-state index >= 15 is 0 Å². The summed E-state index contributed by atoms with van der Waals surface area (Å²) in [7, 11) is 3.76. The van der Waals surface area contributed by atoms with Gasteiger partial charge in [-0.25, -0.2) is 4.39 Å². The summed E-state index contributed by atoms with van der Waals surface area (Å²) in [5.74, 6) is -0.102. The quantitative estimate of drug-likeness (QED) is 0.815. The van der Waals surface area contributed by atoms with E-state index in [1.54, 1.807) is 37.3 Å². The number of nitrogens with one attached hydrogen (secondary N) is 1. The topological polar surface area (TPSA) is 41.6 Å². The highest BCUT2D eigenvalue weighted by molar-refractivity contribution is 6.32. The van der Waals surface area contributed by atoms with Gasteiger partial charge < -0.3 is 15.0 Å². The molecule has 0 radical (unpaired) electrons. The Kier molecular flexibility index (Phi) is 6.79. The molecule has 0 heterocycles. The fraction of sp³-hybridized carbons (Fsp3) is 0.316. The van der Waals surface area contributed by atoms with E-state index in [1.807, 2.05) is 25.1 Å². The summed E-state index contributed by atoms with van der Waals surface area (Å²) in [6.07, 6.45) is -0.699. The van der Waals surface area contributed by atoms with Gasteiger partial charge in [0.05, 0.1) is 11.1 Å². The maximum atomic E-state index is 13.5. The van der Waals surface area contributed by atoms with Crippen LogP contribution in [-0.4, -0.2) is 37.6 Å². The third kappa shape index (κ3) is 5.44. The summed E-state index contributed by atoms with van der Waals surface area (Å²) in [6.45, 7) is 2.00. The fourth-order valence-corrected chi connectivity index (χ4v) is 2.62. The van der Waals surface area contributed by atoms with Crippen LogP contribution in [0, 0.1) is 5.82 Å². The molecule has 25 heavy (non-hydrogen) atoms. The molecule has 2 atom stereocenters. The summed E-state index contributed by atoms with van der Waals surface area (Å²) < 4.78 is 19.1. The Morgan fingerprint density at radius 2 is 1.96 bits per heavy atom. The van der Waals surface area contributed by atoms with Crippen molar-refractivity contribution in [3.63, 3.8) is 0 Å². The lowest BCUT2D eigenvalue weighted by atomic mass is 10.1. The average molecular weight is 365 g/mol. The minimum Gasteiger partial charge on any atom is -0.479 e. The van der Waals surface area contributed by atoms with Gasteiger partial charge in [0.2, 0.25) is 0 Å². The van der Waals surface area contributed by atoms with Crippen molar-refractivity contribution < 1.29 is 13.9 Å². The normalized spacial score (nSPS) is 13.4. The Labute approximate surface area is 152 Å². The van der Waals surface area contributed by atoms with Crippen LogP contribution in [0.2, 0.25) is 5.02 Å². The van der Waals surface area contributed by atoms with Crippen molar-refractivity contribution in [2.45, 2.75) is 19.1 Å². The predicted octanol–water partition coefficient (Wildman–Crippen LogP) is 3.67. The lowest BCUT2D eigenvalue weighted by Crippen LogP contribution is -2.41. The number of amides is 1. The zero-order chi connectivity index (χ0) is 18.4. The highest BCUT2D eigenvalue weighted by Gasteiger charge is 2.20. The fourth-order valence-electron chi connectivity index (χ4n) is 2.44. The number of nitrogens with zero attached hydrogens (tertiary/aromatic N) is 1. The molecule has 2 aromatic rings. The van der Waals surface area contributed by atoms with Crippen LogP contribution in [0.25, 0.3) is 0 Å². The van der Waals surface area contributed by atoms with E-state index in [1.165, 1.54) is 12.1 Å². The van der Waals surface area contributed by atoms with Crippen molar-refractivity contribution in [1.29, 1.82) is 0 Å². The molecule has 2 aromatic carbocycles. The van der Waals surface area contributed by atoms with Gasteiger partial charge in [0, 0.05) is 6.54 Å². The summed E-state index contributed by atoms with van der Waals surface area (Å²) in [6, 6.07) is 13.2. The van der Waals surface area contributed by atoms with Crippen LogP contribution in [0.1, 0.15) is 18.5 Å². The van der Waals surface area contributed by atoms with Crippen molar-refractivity contribution >= 4 is 17.5 Å². The van der Waals surface area contributed by atoms with Crippen LogP contribution < -0.4 is 10.1 Å². The molecule has 2 unspecified atom stereocenters. The highest BCUT2D eigenvalue weighted by Crippen LogP contribution is 2.24. The van der Waals surface area contributed by atoms with Crippen molar-refractivity contribution in [1.82, 2.24) is 10.2 Å². The molecular weight excluding hydrogens is 343 g/mol. The van der Waals surface area contributed by atoms with Gasteiger partial charge in [-0.2, -0.15) is 0 Å². The Hall–Kier alpha value is -2.11. The van der Waals surface area contributed by atoms with Crippen molar-refractivity contribution in [3.8, 4) is 5.75 Å². The number of ether oxygens (including phenoxy) is 1. The van der Waals surface area contributed by atoms with Gasteiger partial charge in [0.25, 0.3) is 5.91 Å². The van der Waals surface area contributed by atoms with E-state index < -0.39 is 6.10 Å². The SMILES string of the molecule is CC(Oc1ccccc1Cl)C(=O)NCC(c1cccc(F)c1)N(C)C. The monoisotopic (exact) mass is 364 g/mol. The molecule has 0 aliphatic carbocycles. The van der Waals surface area contributed by atoms with E-state index in [2.05, 4.69) is 5.32 Å². The minimum atomic E-state index is -0.699. The Bertz CT molecular complexity index is 724. The summed E-state index contributed by atoms with van der Waals surface area (Å²) in [5, 5.41) is 3.30. The van der Waals surface area contributed by atoms with E-state index in [0.717, 1.165) is 5.56 Å². The molecule has 0 fully saturated rings. The third-order valence-electron chi connectivity index (χ3n) is 3.84. The van der Waals surface area contributed by atoms with Gasteiger partial charge >= 0.3 is 0 Å². The van der Waals surface area contributed by atoms with Crippen LogP contribution in [-0.2, 0) is 4.79 Å². The molecule has 0 aliphatic rings. The van der Waals surface area contributed by atoms with Gasteiger partial charge in [-0.3, -0.25) is 4.79 Å². The van der Waals surface area contributed by atoms with Crippen molar-refractivity contribution in [2.75, 3.05) is 20.6 Å². The van der Waals surface area contributed by atoms with Crippen LogP contribution in [0.3, 0.4) is 0 Å². The first-order valence-corrected chi connectivity index (χ1v) is 8.37. The second-order valence-electron chi connectivity index (χ2n) is 5.97. The second-order valence-corrected chi connectivity index (χ2v) is 6.38. The maximum Gasteiger partial charge on any atom is 0.260 e. The average Bonchev–Trinajstić information content (AvgIpc) is 2.56. The molecule has 0 spiro atoms. The minimum absolute atomic E-state index is 0.146. The first kappa shape index (κ1) is 19.2. The van der Waals surface area contributed by atoms with Gasteiger partial charge in [-0.15, -0.1) is 0 Å². The van der Waals surface area contributed by atoms with Crippen LogP contribution in [0.5, 0.6) is 5.75 Å². The van der Waals surface area contributed by atoms with Crippen molar-refractivity contribution in [2.24, 2.45) is 0 Å². The summed E-state index contributed by atoms with van der Waals surface area (Å²) >= 11 is 6.04. The van der Waals surface area contributed by atoms with Gasteiger partial charge in [-0.1, -0.05) is 35.9 Å². The molecule has 2 rings (SSSR count). The summed E-state index contributed by atoms with van der Waals surface area (Å²) in [4.78, 5) is 14.2. The Balaban J connectivity index is 1.98. The van der Waals surface area contributed by atoms with Gasteiger partial charge in [-0.05, 0) is 50.8 Å². The third-order valence-corrected chi connectivity index (χ3v) is 4.15. The van der Waals surface area contributed by atoms with E-state index in [4.69, 9.17) is 16.3 Å². The van der Waals surface area contributed by atoms with Gasteiger partial charge in [0.1, 0.15) is 11.6 Å². The largest absolute Gasteiger partial charge is 0.479 e. The molecule has 1 amide bonds.